The molecule has 0 spiro atoms. The molecule has 1 heterocycles. The fourth-order valence-corrected chi connectivity index (χ4v) is 1.99. The van der Waals surface area contributed by atoms with Crippen LogP contribution in [0.1, 0.15) is 16.5 Å². The highest BCUT2D eigenvalue weighted by molar-refractivity contribution is 7.05. The van der Waals surface area contributed by atoms with Crippen LogP contribution in [0.25, 0.3) is 0 Å². The van der Waals surface area contributed by atoms with Gasteiger partial charge in [0.05, 0.1) is 18.2 Å². The van der Waals surface area contributed by atoms with Crippen LogP contribution < -0.4 is 10.5 Å². The van der Waals surface area contributed by atoms with Crippen LogP contribution in [-0.2, 0) is 6.42 Å². The van der Waals surface area contributed by atoms with Gasteiger partial charge in [-0.05, 0) is 35.6 Å². The van der Waals surface area contributed by atoms with E-state index < -0.39 is 0 Å². The molecule has 1 unspecified atom stereocenters. The van der Waals surface area contributed by atoms with E-state index in [2.05, 4.69) is 9.59 Å². The van der Waals surface area contributed by atoms with Gasteiger partial charge in [-0.1, -0.05) is 16.6 Å². The molecule has 4 nitrogen and oxygen atoms in total. The standard InChI is InChI=1S/C11H13N3OS/c1-15-9-4-2-3-8(5-9)6-10(12)11-7-13-14-16-11/h2-5,7,10H,6,12H2,1H3. The molecule has 2 rings (SSSR count). The predicted octanol–water partition coefficient (Wildman–Crippen LogP) is 1.79. The zero-order valence-electron chi connectivity index (χ0n) is 8.96. The second kappa shape index (κ2) is 5.05. The van der Waals surface area contributed by atoms with Gasteiger partial charge in [0, 0.05) is 6.04 Å². The molecule has 5 heteroatoms. The van der Waals surface area contributed by atoms with Crippen molar-refractivity contribution in [1.29, 1.82) is 0 Å². The van der Waals surface area contributed by atoms with Crippen molar-refractivity contribution in [1.82, 2.24) is 9.59 Å². The van der Waals surface area contributed by atoms with Crippen LogP contribution in [0.5, 0.6) is 5.75 Å². The molecule has 1 aromatic carbocycles. The Morgan fingerprint density at radius 1 is 1.50 bits per heavy atom. The number of nitrogens with two attached hydrogens (primary N) is 1. The normalized spacial score (nSPS) is 12.4. The third kappa shape index (κ3) is 2.56. The first-order valence-electron chi connectivity index (χ1n) is 4.95. The molecular formula is C11H13N3OS. The third-order valence-corrected chi connectivity index (χ3v) is 3.13. The summed E-state index contributed by atoms with van der Waals surface area (Å²) < 4.78 is 8.97. The van der Waals surface area contributed by atoms with E-state index >= 15 is 0 Å². The average molecular weight is 235 g/mol. The van der Waals surface area contributed by atoms with Gasteiger partial charge in [-0.25, -0.2) is 0 Å². The summed E-state index contributed by atoms with van der Waals surface area (Å²) in [5.41, 5.74) is 7.21. The van der Waals surface area contributed by atoms with Crippen molar-refractivity contribution in [3.8, 4) is 5.75 Å². The maximum atomic E-state index is 6.05. The van der Waals surface area contributed by atoms with E-state index in [4.69, 9.17) is 10.5 Å². The molecule has 1 aromatic heterocycles. The molecule has 0 aliphatic carbocycles. The van der Waals surface area contributed by atoms with Crippen molar-refractivity contribution in [2.75, 3.05) is 7.11 Å². The van der Waals surface area contributed by atoms with Crippen LogP contribution in [-0.4, -0.2) is 16.7 Å². The molecular weight excluding hydrogens is 222 g/mol. The fourth-order valence-electron chi connectivity index (χ4n) is 1.49. The fraction of sp³-hybridized carbons (Fsp3) is 0.273. The number of hydrogen-bond acceptors (Lipinski definition) is 5. The summed E-state index contributed by atoms with van der Waals surface area (Å²) in [4.78, 5) is 1.00. The minimum atomic E-state index is -0.0490. The Hall–Kier alpha value is -1.46. The molecule has 0 fully saturated rings. The van der Waals surface area contributed by atoms with E-state index in [0.29, 0.717) is 0 Å². The second-order valence-electron chi connectivity index (χ2n) is 3.48. The topological polar surface area (TPSA) is 61.0 Å². The van der Waals surface area contributed by atoms with E-state index in [-0.39, 0.29) is 6.04 Å². The molecule has 0 aliphatic heterocycles. The van der Waals surface area contributed by atoms with E-state index in [0.717, 1.165) is 22.6 Å². The summed E-state index contributed by atoms with van der Waals surface area (Å²) >= 11 is 1.34. The Kier molecular flexibility index (Phi) is 3.48. The Morgan fingerprint density at radius 3 is 3.06 bits per heavy atom. The minimum Gasteiger partial charge on any atom is -0.497 e. The highest BCUT2D eigenvalue weighted by Gasteiger charge is 2.09. The zero-order chi connectivity index (χ0) is 11.4. The highest BCUT2D eigenvalue weighted by atomic mass is 32.1. The van der Waals surface area contributed by atoms with Gasteiger partial charge in [0.25, 0.3) is 0 Å². The SMILES string of the molecule is COc1cccc(CC(N)c2cnns2)c1. The first kappa shape index (κ1) is 11.0. The number of aromatic nitrogens is 2. The monoisotopic (exact) mass is 235 g/mol. The van der Waals surface area contributed by atoms with Crippen LogP contribution >= 0.6 is 11.5 Å². The first-order chi connectivity index (χ1) is 7.79. The zero-order valence-corrected chi connectivity index (χ0v) is 9.78. The lowest BCUT2D eigenvalue weighted by Gasteiger charge is -2.09. The first-order valence-corrected chi connectivity index (χ1v) is 5.72. The molecule has 84 valence electrons. The van der Waals surface area contributed by atoms with E-state index in [1.165, 1.54) is 11.5 Å². The van der Waals surface area contributed by atoms with Crippen LogP contribution in [0.15, 0.2) is 30.5 Å². The molecule has 0 amide bonds. The molecule has 1 atom stereocenters. The quantitative estimate of drug-likeness (QED) is 0.877. The van der Waals surface area contributed by atoms with Crippen LogP contribution in [0.2, 0.25) is 0 Å². The number of benzene rings is 1. The van der Waals surface area contributed by atoms with Gasteiger partial charge in [-0.3, -0.25) is 0 Å². The van der Waals surface area contributed by atoms with Crippen LogP contribution in [0.3, 0.4) is 0 Å². The van der Waals surface area contributed by atoms with E-state index in [9.17, 15) is 0 Å². The Bertz CT molecular complexity index is 444. The van der Waals surface area contributed by atoms with Gasteiger partial charge in [0.2, 0.25) is 0 Å². The maximum Gasteiger partial charge on any atom is 0.119 e. The van der Waals surface area contributed by atoms with Crippen molar-refractivity contribution >= 4 is 11.5 Å². The predicted molar refractivity (Wildman–Crippen MR) is 63.5 cm³/mol. The molecule has 2 N–H and O–H groups in total. The van der Waals surface area contributed by atoms with Crippen molar-refractivity contribution in [2.45, 2.75) is 12.5 Å². The summed E-state index contributed by atoms with van der Waals surface area (Å²) in [6, 6.07) is 7.87. The Balaban J connectivity index is 2.08. The maximum absolute atomic E-state index is 6.05. The summed E-state index contributed by atoms with van der Waals surface area (Å²) in [5, 5.41) is 3.78. The molecule has 0 bridgehead atoms. The second-order valence-corrected chi connectivity index (χ2v) is 4.30. The van der Waals surface area contributed by atoms with E-state index in [1.54, 1.807) is 13.3 Å². The molecule has 2 aromatic rings. The summed E-state index contributed by atoms with van der Waals surface area (Å²) in [7, 11) is 1.66. The lowest BCUT2D eigenvalue weighted by atomic mass is 10.1. The minimum absolute atomic E-state index is 0.0490. The van der Waals surface area contributed by atoms with Crippen molar-refractivity contribution in [2.24, 2.45) is 5.73 Å². The largest absolute Gasteiger partial charge is 0.497 e. The molecule has 0 radical (unpaired) electrons. The van der Waals surface area contributed by atoms with Gasteiger partial charge < -0.3 is 10.5 Å². The van der Waals surface area contributed by atoms with E-state index in [1.807, 2.05) is 24.3 Å². The van der Waals surface area contributed by atoms with Gasteiger partial charge in [-0.15, -0.1) is 5.10 Å². The number of hydrogen-bond donors (Lipinski definition) is 1. The highest BCUT2D eigenvalue weighted by Crippen LogP contribution is 2.20. The smallest absolute Gasteiger partial charge is 0.119 e. The third-order valence-electron chi connectivity index (χ3n) is 2.33. The molecule has 0 saturated carbocycles. The lowest BCUT2D eigenvalue weighted by Crippen LogP contribution is -2.11. The molecule has 0 saturated heterocycles. The summed E-state index contributed by atoms with van der Waals surface area (Å²) in [6.07, 6.45) is 2.48. The number of ether oxygens (including phenoxy) is 1. The summed E-state index contributed by atoms with van der Waals surface area (Å²) in [5.74, 6) is 0.854. The van der Waals surface area contributed by atoms with Gasteiger partial charge in [-0.2, -0.15) is 0 Å². The van der Waals surface area contributed by atoms with Gasteiger partial charge in [0.15, 0.2) is 0 Å². The van der Waals surface area contributed by atoms with Gasteiger partial charge >= 0.3 is 0 Å². The van der Waals surface area contributed by atoms with Gasteiger partial charge in [0.1, 0.15) is 5.75 Å². The Labute approximate surface area is 98.2 Å². The Morgan fingerprint density at radius 2 is 2.38 bits per heavy atom. The van der Waals surface area contributed by atoms with Crippen molar-refractivity contribution in [3.63, 3.8) is 0 Å². The number of methoxy groups -OCH3 is 1. The van der Waals surface area contributed by atoms with Crippen molar-refractivity contribution < 1.29 is 4.74 Å². The average Bonchev–Trinajstić information content (AvgIpc) is 2.83. The number of nitrogens with zero attached hydrogens (tertiary/aromatic N) is 2. The summed E-state index contributed by atoms with van der Waals surface area (Å²) in [6.45, 7) is 0. The van der Waals surface area contributed by atoms with Crippen LogP contribution in [0, 0.1) is 0 Å². The van der Waals surface area contributed by atoms with Crippen LogP contribution in [0.4, 0.5) is 0 Å². The number of rotatable bonds is 4. The van der Waals surface area contributed by atoms with Crippen molar-refractivity contribution in [3.05, 3.63) is 40.9 Å². The lowest BCUT2D eigenvalue weighted by molar-refractivity contribution is 0.414. The molecule has 0 aliphatic rings. The molecule has 16 heavy (non-hydrogen) atoms.